The van der Waals surface area contributed by atoms with Crippen molar-refractivity contribution in [3.8, 4) is 17.2 Å². The van der Waals surface area contributed by atoms with Gasteiger partial charge in [0.1, 0.15) is 17.2 Å². The first-order chi connectivity index (χ1) is 9.78. The number of ether oxygens (including phenoxy) is 3. The number of methoxy groups -OCH3 is 1. The molecule has 2 heterocycles. The Hall–Kier alpha value is -2.16. The van der Waals surface area contributed by atoms with E-state index in [-0.39, 0.29) is 0 Å². The molecule has 3 heteroatoms. The van der Waals surface area contributed by atoms with E-state index in [4.69, 9.17) is 14.2 Å². The van der Waals surface area contributed by atoms with E-state index in [0.717, 1.165) is 42.1 Å². The van der Waals surface area contributed by atoms with Gasteiger partial charge in [-0.15, -0.1) is 0 Å². The molecule has 20 heavy (non-hydrogen) atoms. The van der Waals surface area contributed by atoms with E-state index < -0.39 is 5.79 Å². The van der Waals surface area contributed by atoms with Gasteiger partial charge in [0.2, 0.25) is 0 Å². The molecule has 0 amide bonds. The van der Waals surface area contributed by atoms with Crippen LogP contribution in [0.4, 0.5) is 0 Å². The van der Waals surface area contributed by atoms with E-state index in [1.54, 1.807) is 7.11 Å². The number of benzene rings is 2. The fourth-order valence-electron chi connectivity index (χ4n) is 3.03. The predicted octanol–water partition coefficient (Wildman–Crippen LogP) is 3.35. The minimum Gasteiger partial charge on any atom is -0.497 e. The van der Waals surface area contributed by atoms with Gasteiger partial charge >= 0.3 is 0 Å². The van der Waals surface area contributed by atoms with Crippen molar-refractivity contribution >= 4 is 0 Å². The lowest BCUT2D eigenvalue weighted by atomic mass is 9.96. The largest absolute Gasteiger partial charge is 0.497 e. The van der Waals surface area contributed by atoms with Crippen molar-refractivity contribution < 1.29 is 14.2 Å². The van der Waals surface area contributed by atoms with Crippen molar-refractivity contribution in [3.05, 3.63) is 53.6 Å². The minimum atomic E-state index is -0.539. The van der Waals surface area contributed by atoms with Crippen LogP contribution in [-0.2, 0) is 12.8 Å². The molecule has 1 spiro atoms. The standard InChI is InChI=1S/C17H16O3/c1-18-14-6-7-16-13(10-14)11-17(20-16)9-8-12-4-2-3-5-15(12)19-17/h2-7,10H,8-9,11H2,1H3. The Morgan fingerprint density at radius 3 is 2.65 bits per heavy atom. The van der Waals surface area contributed by atoms with Gasteiger partial charge in [-0.25, -0.2) is 0 Å². The van der Waals surface area contributed by atoms with E-state index in [2.05, 4.69) is 12.1 Å². The van der Waals surface area contributed by atoms with Gasteiger partial charge in [0.05, 0.1) is 13.5 Å². The fraction of sp³-hybridized carbons (Fsp3) is 0.294. The molecule has 1 unspecified atom stereocenters. The zero-order valence-corrected chi connectivity index (χ0v) is 11.4. The van der Waals surface area contributed by atoms with Crippen LogP contribution >= 0.6 is 0 Å². The first kappa shape index (κ1) is 11.6. The number of rotatable bonds is 1. The maximum atomic E-state index is 6.17. The quantitative estimate of drug-likeness (QED) is 0.793. The first-order valence-electron chi connectivity index (χ1n) is 6.91. The monoisotopic (exact) mass is 268 g/mol. The summed E-state index contributed by atoms with van der Waals surface area (Å²) in [5.41, 5.74) is 2.42. The molecule has 2 aliphatic heterocycles. The highest BCUT2D eigenvalue weighted by Gasteiger charge is 2.44. The van der Waals surface area contributed by atoms with Gasteiger partial charge in [0, 0.05) is 12.0 Å². The fourth-order valence-corrected chi connectivity index (χ4v) is 3.03. The molecular formula is C17H16O3. The molecule has 2 aromatic rings. The molecule has 0 aliphatic carbocycles. The van der Waals surface area contributed by atoms with Gasteiger partial charge in [0.15, 0.2) is 0 Å². The van der Waals surface area contributed by atoms with E-state index in [1.165, 1.54) is 5.56 Å². The number of para-hydroxylation sites is 1. The van der Waals surface area contributed by atoms with Gasteiger partial charge < -0.3 is 14.2 Å². The average Bonchev–Trinajstić information content (AvgIpc) is 2.83. The summed E-state index contributed by atoms with van der Waals surface area (Å²) >= 11 is 0. The second-order valence-corrected chi connectivity index (χ2v) is 5.37. The summed E-state index contributed by atoms with van der Waals surface area (Å²) in [6.45, 7) is 0. The summed E-state index contributed by atoms with van der Waals surface area (Å²) in [5.74, 6) is 2.17. The van der Waals surface area contributed by atoms with E-state index in [9.17, 15) is 0 Å². The third-order valence-electron chi connectivity index (χ3n) is 4.07. The Bertz CT molecular complexity index is 665. The van der Waals surface area contributed by atoms with Crippen LogP contribution in [0.25, 0.3) is 0 Å². The van der Waals surface area contributed by atoms with Crippen LogP contribution in [0, 0.1) is 0 Å². The third kappa shape index (κ3) is 1.73. The Kier molecular flexibility index (Phi) is 2.43. The molecule has 2 aliphatic rings. The SMILES string of the molecule is COc1ccc2c(c1)CC1(CCc3ccccc3O1)O2. The molecule has 4 rings (SSSR count). The molecule has 0 N–H and O–H groups in total. The third-order valence-corrected chi connectivity index (χ3v) is 4.07. The summed E-state index contributed by atoms with van der Waals surface area (Å²) in [5, 5.41) is 0. The van der Waals surface area contributed by atoms with E-state index in [0.29, 0.717) is 0 Å². The van der Waals surface area contributed by atoms with Crippen molar-refractivity contribution in [2.75, 3.05) is 7.11 Å². The average molecular weight is 268 g/mol. The van der Waals surface area contributed by atoms with Crippen molar-refractivity contribution in [2.24, 2.45) is 0 Å². The van der Waals surface area contributed by atoms with Gasteiger partial charge in [-0.2, -0.15) is 0 Å². The topological polar surface area (TPSA) is 27.7 Å². The van der Waals surface area contributed by atoms with Crippen molar-refractivity contribution in [1.29, 1.82) is 0 Å². The first-order valence-corrected chi connectivity index (χ1v) is 6.91. The zero-order chi connectivity index (χ0) is 13.6. The normalized spacial score (nSPS) is 22.6. The number of fused-ring (bicyclic) bond motifs is 2. The molecule has 0 saturated heterocycles. The van der Waals surface area contributed by atoms with Crippen LogP contribution in [0.15, 0.2) is 42.5 Å². The molecule has 0 bridgehead atoms. The summed E-state index contributed by atoms with van der Waals surface area (Å²) in [6.07, 6.45) is 2.64. The van der Waals surface area contributed by atoms with Crippen molar-refractivity contribution in [3.63, 3.8) is 0 Å². The maximum Gasteiger partial charge on any atom is 0.255 e. The van der Waals surface area contributed by atoms with Gasteiger partial charge in [-0.1, -0.05) is 18.2 Å². The van der Waals surface area contributed by atoms with Gasteiger partial charge in [0.25, 0.3) is 5.79 Å². The highest BCUT2D eigenvalue weighted by atomic mass is 16.7. The smallest absolute Gasteiger partial charge is 0.255 e. The molecular weight excluding hydrogens is 252 g/mol. The summed E-state index contributed by atoms with van der Waals surface area (Å²) in [7, 11) is 1.68. The van der Waals surface area contributed by atoms with E-state index >= 15 is 0 Å². The van der Waals surface area contributed by atoms with Crippen LogP contribution in [0.1, 0.15) is 17.5 Å². The number of hydrogen-bond donors (Lipinski definition) is 0. The van der Waals surface area contributed by atoms with Crippen molar-refractivity contribution in [2.45, 2.75) is 25.0 Å². The molecule has 3 nitrogen and oxygen atoms in total. The second-order valence-electron chi connectivity index (χ2n) is 5.37. The Labute approximate surface area is 118 Å². The van der Waals surface area contributed by atoms with Crippen LogP contribution in [-0.4, -0.2) is 12.9 Å². The lowest BCUT2D eigenvalue weighted by Crippen LogP contribution is -2.43. The van der Waals surface area contributed by atoms with Crippen LogP contribution < -0.4 is 14.2 Å². The van der Waals surface area contributed by atoms with Gasteiger partial charge in [-0.3, -0.25) is 0 Å². The lowest BCUT2D eigenvalue weighted by Gasteiger charge is -2.34. The number of aryl methyl sites for hydroxylation is 1. The molecule has 0 saturated carbocycles. The lowest BCUT2D eigenvalue weighted by molar-refractivity contribution is -0.111. The highest BCUT2D eigenvalue weighted by Crippen LogP contribution is 2.43. The Balaban J connectivity index is 1.66. The predicted molar refractivity (Wildman–Crippen MR) is 75.4 cm³/mol. The second kappa shape index (κ2) is 4.17. The molecule has 0 aromatic heterocycles. The molecule has 0 fully saturated rings. The molecule has 0 radical (unpaired) electrons. The minimum absolute atomic E-state index is 0.539. The van der Waals surface area contributed by atoms with Gasteiger partial charge in [-0.05, 0) is 36.2 Å². The molecule has 2 aromatic carbocycles. The molecule has 1 atom stereocenters. The van der Waals surface area contributed by atoms with E-state index in [1.807, 2.05) is 30.3 Å². The van der Waals surface area contributed by atoms with Crippen LogP contribution in [0.5, 0.6) is 17.2 Å². The highest BCUT2D eigenvalue weighted by molar-refractivity contribution is 5.45. The molecule has 102 valence electrons. The zero-order valence-electron chi connectivity index (χ0n) is 11.4. The Morgan fingerprint density at radius 2 is 1.80 bits per heavy atom. The summed E-state index contributed by atoms with van der Waals surface area (Å²) < 4.78 is 17.6. The maximum absolute atomic E-state index is 6.17. The summed E-state index contributed by atoms with van der Waals surface area (Å²) in [4.78, 5) is 0. The van der Waals surface area contributed by atoms with Crippen LogP contribution in [0.3, 0.4) is 0 Å². The van der Waals surface area contributed by atoms with Crippen LogP contribution in [0.2, 0.25) is 0 Å². The number of hydrogen-bond acceptors (Lipinski definition) is 3. The Morgan fingerprint density at radius 1 is 1.00 bits per heavy atom. The summed E-state index contributed by atoms with van der Waals surface area (Å²) in [6, 6.07) is 14.1. The van der Waals surface area contributed by atoms with Crippen molar-refractivity contribution in [1.82, 2.24) is 0 Å².